The molecule has 1 aromatic carbocycles. The molecule has 0 aliphatic heterocycles. The maximum Gasteiger partial charge on any atom is 0.446 e. The molecule has 0 aromatic heterocycles. The molecule has 0 N–H and O–H groups in total. The number of ketones is 1. The molecule has 0 saturated carbocycles. The normalized spacial score (nSPS) is 13.4. The van der Waals surface area contributed by atoms with Crippen LogP contribution in [0.2, 0.25) is 0 Å². The summed E-state index contributed by atoms with van der Waals surface area (Å²) in [5.41, 5.74) is -4.77. The van der Waals surface area contributed by atoms with Gasteiger partial charge >= 0.3 is 12.1 Å². The molecular formula is C11H8ClF5O2S. The number of alkyl halides is 6. The van der Waals surface area contributed by atoms with Gasteiger partial charge in [0.1, 0.15) is 11.1 Å². The van der Waals surface area contributed by atoms with E-state index in [9.17, 15) is 26.7 Å². The highest BCUT2D eigenvalue weighted by molar-refractivity contribution is 8.00. The minimum Gasteiger partial charge on any atom is -0.434 e. The number of thioether (sulfide) groups is 1. The van der Waals surface area contributed by atoms with Gasteiger partial charge in [0.2, 0.25) is 0 Å². The van der Waals surface area contributed by atoms with Gasteiger partial charge in [0.05, 0.1) is 0 Å². The number of halogens is 6. The van der Waals surface area contributed by atoms with Crippen LogP contribution in [0.5, 0.6) is 5.75 Å². The second-order valence-corrected chi connectivity index (χ2v) is 5.17. The van der Waals surface area contributed by atoms with Crippen LogP contribution in [0.3, 0.4) is 0 Å². The predicted molar refractivity (Wildman–Crippen MR) is 64.3 cm³/mol. The van der Waals surface area contributed by atoms with Crippen molar-refractivity contribution in [1.82, 2.24) is 0 Å². The molecule has 0 aliphatic rings. The van der Waals surface area contributed by atoms with E-state index in [1.165, 1.54) is 0 Å². The Kier molecular flexibility index (Phi) is 5.64. The summed E-state index contributed by atoms with van der Waals surface area (Å²) >= 11 is 5.27. The number of benzene rings is 1. The summed E-state index contributed by atoms with van der Waals surface area (Å²) in [5, 5.41) is -1.36. The zero-order valence-corrected chi connectivity index (χ0v) is 11.5. The summed E-state index contributed by atoms with van der Waals surface area (Å²) in [6, 6.07) is 2.80. The number of carbonyl (C=O) groups is 1. The molecule has 0 heterocycles. The molecule has 1 unspecified atom stereocenters. The molecule has 0 bridgehead atoms. The van der Waals surface area contributed by atoms with Crippen molar-refractivity contribution in [1.29, 1.82) is 0 Å². The van der Waals surface area contributed by atoms with Crippen molar-refractivity contribution in [2.45, 2.75) is 29.3 Å². The minimum absolute atomic E-state index is 0.228. The first-order chi connectivity index (χ1) is 9.10. The van der Waals surface area contributed by atoms with Crippen molar-refractivity contribution in [2.24, 2.45) is 0 Å². The topological polar surface area (TPSA) is 26.3 Å². The number of hydrogen-bond donors (Lipinski definition) is 0. The number of rotatable bonds is 5. The number of carbonyl (C=O) groups excluding carboxylic acids is 1. The Morgan fingerprint density at radius 1 is 1.35 bits per heavy atom. The molecule has 20 heavy (non-hydrogen) atoms. The maximum absolute atomic E-state index is 12.3. The van der Waals surface area contributed by atoms with Crippen LogP contribution in [0.1, 0.15) is 17.9 Å². The van der Waals surface area contributed by atoms with Gasteiger partial charge in [-0.05, 0) is 36.9 Å². The fourth-order valence-corrected chi connectivity index (χ4v) is 2.10. The second kappa shape index (κ2) is 6.62. The van der Waals surface area contributed by atoms with Gasteiger partial charge in [-0.3, -0.25) is 4.79 Å². The van der Waals surface area contributed by atoms with Crippen molar-refractivity contribution in [3.63, 3.8) is 0 Å². The quantitative estimate of drug-likeness (QED) is 0.441. The van der Waals surface area contributed by atoms with E-state index in [4.69, 9.17) is 11.6 Å². The molecule has 1 atom stereocenters. The Balaban J connectivity index is 3.17. The van der Waals surface area contributed by atoms with Crippen LogP contribution in [-0.2, 0) is 4.79 Å². The Morgan fingerprint density at radius 3 is 2.40 bits per heavy atom. The molecule has 0 fully saturated rings. The highest BCUT2D eigenvalue weighted by Crippen LogP contribution is 2.40. The van der Waals surface area contributed by atoms with Crippen molar-refractivity contribution in [2.75, 3.05) is 0 Å². The van der Waals surface area contributed by atoms with Gasteiger partial charge in [-0.15, -0.1) is 11.6 Å². The zero-order chi connectivity index (χ0) is 15.5. The van der Waals surface area contributed by atoms with E-state index in [-0.39, 0.29) is 10.5 Å². The highest BCUT2D eigenvalue weighted by atomic mass is 35.5. The van der Waals surface area contributed by atoms with Crippen molar-refractivity contribution >= 4 is 29.1 Å². The van der Waals surface area contributed by atoms with Crippen molar-refractivity contribution in [3.8, 4) is 5.75 Å². The fourth-order valence-electron chi connectivity index (χ4n) is 1.34. The van der Waals surface area contributed by atoms with E-state index >= 15 is 0 Å². The Morgan fingerprint density at radius 2 is 1.95 bits per heavy atom. The van der Waals surface area contributed by atoms with E-state index in [0.29, 0.717) is 0 Å². The van der Waals surface area contributed by atoms with Crippen LogP contribution in [-0.4, -0.2) is 17.9 Å². The minimum atomic E-state index is -4.54. The molecular weight excluding hydrogens is 327 g/mol. The average molecular weight is 335 g/mol. The lowest BCUT2D eigenvalue weighted by atomic mass is 10.1. The lowest BCUT2D eigenvalue weighted by Gasteiger charge is -2.15. The molecule has 0 spiro atoms. The summed E-state index contributed by atoms with van der Waals surface area (Å²) in [6.07, 6.45) is 0. The SMILES string of the molecule is CC(=O)C(Cl)c1cc(SC(F)(F)F)ccc1OC(F)F. The predicted octanol–water partition coefficient (Wildman–Crippen LogP) is 4.77. The third kappa shape index (κ3) is 5.16. The van der Waals surface area contributed by atoms with E-state index in [1.807, 2.05) is 0 Å². The fraction of sp³-hybridized carbons (Fsp3) is 0.364. The molecule has 1 aromatic rings. The van der Waals surface area contributed by atoms with Crippen LogP contribution in [0.25, 0.3) is 0 Å². The monoisotopic (exact) mass is 334 g/mol. The lowest BCUT2D eigenvalue weighted by molar-refractivity contribution is -0.116. The summed E-state index contributed by atoms with van der Waals surface area (Å²) < 4.78 is 65.3. The van der Waals surface area contributed by atoms with E-state index < -0.39 is 40.8 Å². The zero-order valence-electron chi connectivity index (χ0n) is 9.88. The van der Waals surface area contributed by atoms with Gasteiger partial charge in [-0.2, -0.15) is 22.0 Å². The summed E-state index contributed by atoms with van der Waals surface area (Å²) in [6.45, 7) is -2.08. The second-order valence-electron chi connectivity index (χ2n) is 3.60. The highest BCUT2D eigenvalue weighted by Gasteiger charge is 2.30. The molecule has 1 rings (SSSR count). The molecule has 0 amide bonds. The maximum atomic E-state index is 12.3. The van der Waals surface area contributed by atoms with E-state index in [0.717, 1.165) is 25.1 Å². The van der Waals surface area contributed by atoms with E-state index in [1.54, 1.807) is 0 Å². The average Bonchev–Trinajstić information content (AvgIpc) is 2.27. The molecule has 0 radical (unpaired) electrons. The Labute approximate surface area is 120 Å². The van der Waals surface area contributed by atoms with Gasteiger partial charge in [0, 0.05) is 10.5 Å². The van der Waals surface area contributed by atoms with Crippen LogP contribution in [0.15, 0.2) is 23.1 Å². The smallest absolute Gasteiger partial charge is 0.434 e. The summed E-state index contributed by atoms with van der Waals surface area (Å²) in [7, 11) is 0. The Bertz CT molecular complexity index is 492. The molecule has 2 nitrogen and oxygen atoms in total. The van der Waals surface area contributed by atoms with Crippen LogP contribution in [0, 0.1) is 0 Å². The third-order valence-corrected chi connectivity index (χ3v) is 3.32. The van der Waals surface area contributed by atoms with Crippen LogP contribution in [0.4, 0.5) is 22.0 Å². The first kappa shape index (κ1) is 17.0. The summed E-state index contributed by atoms with van der Waals surface area (Å²) in [5.74, 6) is -1.03. The van der Waals surface area contributed by atoms with Gasteiger partial charge in [0.25, 0.3) is 0 Å². The van der Waals surface area contributed by atoms with Crippen molar-refractivity contribution < 1.29 is 31.5 Å². The Hall–Kier alpha value is -1.02. The van der Waals surface area contributed by atoms with Crippen molar-refractivity contribution in [3.05, 3.63) is 23.8 Å². The standard InChI is InChI=1S/C11H8ClF5O2S/c1-5(18)9(12)7-4-6(20-11(15,16)17)2-3-8(7)19-10(13)14/h2-4,9-10H,1H3. The number of hydrogen-bond acceptors (Lipinski definition) is 3. The van der Waals surface area contributed by atoms with Gasteiger partial charge < -0.3 is 4.74 Å². The van der Waals surface area contributed by atoms with Crippen LogP contribution < -0.4 is 4.74 Å². The van der Waals surface area contributed by atoms with Gasteiger partial charge in [-0.1, -0.05) is 0 Å². The summed E-state index contributed by atoms with van der Waals surface area (Å²) in [4.78, 5) is 10.9. The third-order valence-electron chi connectivity index (χ3n) is 2.06. The van der Waals surface area contributed by atoms with E-state index in [2.05, 4.69) is 4.74 Å². The number of Topliss-reactive ketones (excluding diaryl/α,β-unsaturated/α-hetero) is 1. The molecule has 9 heteroatoms. The largest absolute Gasteiger partial charge is 0.446 e. The van der Waals surface area contributed by atoms with Gasteiger partial charge in [0.15, 0.2) is 5.78 Å². The molecule has 112 valence electrons. The number of ether oxygens (including phenoxy) is 1. The first-order valence-corrected chi connectivity index (χ1v) is 6.34. The molecule has 0 aliphatic carbocycles. The lowest BCUT2D eigenvalue weighted by Crippen LogP contribution is -2.09. The van der Waals surface area contributed by atoms with Crippen LogP contribution >= 0.6 is 23.4 Å². The molecule has 0 saturated heterocycles. The first-order valence-electron chi connectivity index (χ1n) is 5.09. The van der Waals surface area contributed by atoms with Gasteiger partial charge in [-0.25, -0.2) is 0 Å².